The van der Waals surface area contributed by atoms with E-state index in [2.05, 4.69) is 13.8 Å². The van der Waals surface area contributed by atoms with Gasteiger partial charge in [0.15, 0.2) is 0 Å². The molecule has 2 unspecified atom stereocenters. The molecule has 2 radical (unpaired) electrons. The largest absolute Gasteiger partial charge is 3.00 e. The Morgan fingerprint density at radius 1 is 0.667 bits per heavy atom. The fraction of sp³-hybridized carbons (Fsp3) is 0.905. The third kappa shape index (κ3) is 13.8. The Hall–Kier alpha value is 0.00494. The van der Waals surface area contributed by atoms with E-state index in [0.717, 1.165) is 24.7 Å². The van der Waals surface area contributed by atoms with Crippen molar-refractivity contribution in [1.82, 2.24) is 0 Å². The minimum absolute atomic E-state index is 0. The van der Waals surface area contributed by atoms with Crippen molar-refractivity contribution in [3.8, 4) is 0 Å². The summed E-state index contributed by atoms with van der Waals surface area (Å²) in [5.74, 6) is 1.29. The van der Waals surface area contributed by atoms with Gasteiger partial charge in [0.05, 0.1) is 0 Å². The van der Waals surface area contributed by atoms with E-state index in [0.29, 0.717) is 11.8 Å². The monoisotopic (exact) mass is 456 g/mol. The molecule has 2 aliphatic carbocycles. The van der Waals surface area contributed by atoms with E-state index in [9.17, 15) is 19.8 Å². The van der Waals surface area contributed by atoms with E-state index in [4.69, 9.17) is 0 Å². The second-order valence-electron chi connectivity index (χ2n) is 8.07. The second kappa shape index (κ2) is 16.9. The van der Waals surface area contributed by atoms with E-state index < -0.39 is 11.9 Å². The van der Waals surface area contributed by atoms with Crippen LogP contribution in [0.25, 0.3) is 0 Å². The summed E-state index contributed by atoms with van der Waals surface area (Å²) in [5, 5.41) is 20.4. The standard InChI is InChI=1S/C11H20O2.C10H18O2.2Cr/c1-2-9-3-5-10(6-4-9)7-8-11(12)13;1-2-8-3-4-9(7-8)5-6-10(11)12;;/h9-10H,2-8H2,1H3,(H,12,13);8-9H,2-7H2,1H3,(H,11,12);;/q;;2*+3/p-2. The van der Waals surface area contributed by atoms with Crippen molar-refractivity contribution in [1.29, 1.82) is 0 Å². The Kier molecular flexibility index (Phi) is 18.3. The molecule has 0 aromatic carbocycles. The molecule has 2 rings (SSSR count). The van der Waals surface area contributed by atoms with Gasteiger partial charge in [-0.25, -0.2) is 0 Å². The topological polar surface area (TPSA) is 80.3 Å². The fourth-order valence-electron chi connectivity index (χ4n) is 4.38. The molecule has 152 valence electrons. The summed E-state index contributed by atoms with van der Waals surface area (Å²) in [4.78, 5) is 20.4. The molecule has 0 saturated heterocycles. The van der Waals surface area contributed by atoms with Gasteiger partial charge in [0, 0.05) is 11.9 Å². The van der Waals surface area contributed by atoms with Gasteiger partial charge in [-0.15, -0.1) is 0 Å². The van der Waals surface area contributed by atoms with E-state index in [1.165, 1.54) is 57.8 Å². The molecule has 0 N–H and O–H groups in total. The molecular formula is C21H36Cr2O4+4. The van der Waals surface area contributed by atoms with Crippen LogP contribution >= 0.6 is 0 Å². The van der Waals surface area contributed by atoms with Gasteiger partial charge in [0.1, 0.15) is 0 Å². The fourth-order valence-corrected chi connectivity index (χ4v) is 4.38. The Morgan fingerprint density at radius 3 is 1.44 bits per heavy atom. The van der Waals surface area contributed by atoms with Crippen molar-refractivity contribution >= 4 is 11.9 Å². The molecule has 0 heterocycles. The summed E-state index contributed by atoms with van der Waals surface area (Å²) in [6.45, 7) is 4.46. The van der Waals surface area contributed by atoms with Crippen LogP contribution in [0, 0.1) is 23.7 Å². The van der Waals surface area contributed by atoms with Crippen LogP contribution in [0.2, 0.25) is 0 Å². The van der Waals surface area contributed by atoms with Crippen LogP contribution in [0.4, 0.5) is 0 Å². The van der Waals surface area contributed by atoms with Crippen molar-refractivity contribution in [3.05, 3.63) is 0 Å². The zero-order chi connectivity index (χ0) is 18.7. The number of aliphatic carboxylic acids is 2. The normalized spacial score (nSPS) is 26.7. The molecule has 2 atom stereocenters. The first kappa shape index (κ1) is 29.2. The Bertz CT molecular complexity index is 396. The molecule has 0 aromatic rings. The first-order valence-corrected chi connectivity index (χ1v) is 10.3. The van der Waals surface area contributed by atoms with Gasteiger partial charge in [-0.2, -0.15) is 0 Å². The maximum atomic E-state index is 10.3. The van der Waals surface area contributed by atoms with Gasteiger partial charge in [0.25, 0.3) is 0 Å². The molecule has 6 heteroatoms. The van der Waals surface area contributed by atoms with Gasteiger partial charge in [-0.1, -0.05) is 65.2 Å². The molecule has 27 heavy (non-hydrogen) atoms. The third-order valence-electron chi connectivity index (χ3n) is 6.28. The molecular weight excluding hydrogens is 420 g/mol. The Balaban J connectivity index is 0. The Morgan fingerprint density at radius 2 is 1.04 bits per heavy atom. The summed E-state index contributed by atoms with van der Waals surface area (Å²) in [6, 6.07) is 0. The number of rotatable bonds is 8. The van der Waals surface area contributed by atoms with Crippen molar-refractivity contribution in [2.75, 3.05) is 0 Å². The van der Waals surface area contributed by atoms with Crippen LogP contribution in [-0.2, 0) is 44.3 Å². The predicted molar refractivity (Wildman–Crippen MR) is 95.3 cm³/mol. The summed E-state index contributed by atoms with van der Waals surface area (Å²) < 4.78 is 0. The molecule has 4 nitrogen and oxygen atoms in total. The number of hydrogen-bond acceptors (Lipinski definition) is 4. The van der Waals surface area contributed by atoms with Gasteiger partial charge in [-0.3, -0.25) is 0 Å². The molecule has 0 spiro atoms. The van der Waals surface area contributed by atoms with Gasteiger partial charge in [-0.05, 0) is 55.8 Å². The van der Waals surface area contributed by atoms with Gasteiger partial charge < -0.3 is 19.8 Å². The average Bonchev–Trinajstić information content (AvgIpc) is 3.07. The number of carbonyl (C=O) groups excluding carboxylic acids is 2. The van der Waals surface area contributed by atoms with Gasteiger partial charge in [0.2, 0.25) is 0 Å². The smallest absolute Gasteiger partial charge is 0.550 e. The van der Waals surface area contributed by atoms with Crippen LogP contribution in [-0.4, -0.2) is 11.9 Å². The van der Waals surface area contributed by atoms with Crippen molar-refractivity contribution in [2.24, 2.45) is 23.7 Å². The molecule has 0 aromatic heterocycles. The average molecular weight is 457 g/mol. The third-order valence-corrected chi connectivity index (χ3v) is 6.28. The Labute approximate surface area is 187 Å². The van der Waals surface area contributed by atoms with Crippen LogP contribution in [0.1, 0.15) is 97.3 Å². The quantitative estimate of drug-likeness (QED) is 0.562. The first-order valence-electron chi connectivity index (χ1n) is 10.3. The van der Waals surface area contributed by atoms with Crippen LogP contribution < -0.4 is 10.2 Å². The predicted octanol–water partition coefficient (Wildman–Crippen LogP) is 3.07. The first-order chi connectivity index (χ1) is 11.9. The van der Waals surface area contributed by atoms with E-state index >= 15 is 0 Å². The number of hydrogen-bond donors (Lipinski definition) is 0. The summed E-state index contributed by atoms with van der Waals surface area (Å²) in [5.41, 5.74) is 0. The van der Waals surface area contributed by atoms with Crippen LogP contribution in [0.15, 0.2) is 0 Å². The van der Waals surface area contributed by atoms with Crippen molar-refractivity contribution in [2.45, 2.75) is 97.3 Å². The number of carboxylic acids is 2. The van der Waals surface area contributed by atoms with E-state index in [-0.39, 0.29) is 47.6 Å². The van der Waals surface area contributed by atoms with Crippen molar-refractivity contribution < 1.29 is 54.5 Å². The number of carbonyl (C=O) groups is 2. The molecule has 0 amide bonds. The molecule has 0 aliphatic heterocycles. The maximum absolute atomic E-state index is 10.3. The minimum Gasteiger partial charge on any atom is -0.550 e. The summed E-state index contributed by atoms with van der Waals surface area (Å²) in [7, 11) is 0. The van der Waals surface area contributed by atoms with E-state index in [1.807, 2.05) is 0 Å². The second-order valence-corrected chi connectivity index (χ2v) is 8.07. The van der Waals surface area contributed by atoms with E-state index in [1.54, 1.807) is 0 Å². The molecule has 2 fully saturated rings. The summed E-state index contributed by atoms with van der Waals surface area (Å²) >= 11 is 0. The number of carboxylic acid groups (broad SMARTS) is 2. The zero-order valence-corrected chi connectivity index (χ0v) is 19.5. The van der Waals surface area contributed by atoms with Gasteiger partial charge >= 0.3 is 34.7 Å². The SMILES string of the molecule is CCC1CCC(CCC(=O)[O-])C1.CCC1CCC(CCC(=O)[O-])CC1.[Cr+3].[Cr+3]. The molecule has 2 aliphatic rings. The molecule has 2 saturated carbocycles. The molecule has 0 bridgehead atoms. The van der Waals surface area contributed by atoms with Crippen LogP contribution in [0.5, 0.6) is 0 Å². The van der Waals surface area contributed by atoms with Crippen LogP contribution in [0.3, 0.4) is 0 Å². The minimum atomic E-state index is -0.894. The summed E-state index contributed by atoms with van der Waals surface area (Å²) in [6.07, 6.45) is 13.5. The zero-order valence-electron chi connectivity index (χ0n) is 17.0. The van der Waals surface area contributed by atoms with Crippen molar-refractivity contribution in [3.63, 3.8) is 0 Å². The maximum Gasteiger partial charge on any atom is 3.00 e.